The Labute approximate surface area is 113 Å². The summed E-state index contributed by atoms with van der Waals surface area (Å²) in [5, 5.41) is 16.6. The first-order valence-electron chi connectivity index (χ1n) is 6.96. The van der Waals surface area contributed by atoms with Gasteiger partial charge in [-0.25, -0.2) is 4.68 Å². The summed E-state index contributed by atoms with van der Waals surface area (Å²) in [6.07, 6.45) is 8.13. The molecule has 1 amide bonds. The van der Waals surface area contributed by atoms with E-state index in [9.17, 15) is 4.79 Å². The number of hydrogen-bond donors (Lipinski definition) is 1. The quantitative estimate of drug-likeness (QED) is 0.847. The van der Waals surface area contributed by atoms with E-state index in [4.69, 9.17) is 5.11 Å². The van der Waals surface area contributed by atoms with E-state index in [0.29, 0.717) is 12.5 Å². The molecule has 6 nitrogen and oxygen atoms in total. The first kappa shape index (κ1) is 14.0. The highest BCUT2D eigenvalue weighted by Gasteiger charge is 2.22. The molecule has 1 fully saturated rings. The monoisotopic (exact) mass is 266 g/mol. The van der Waals surface area contributed by atoms with Crippen molar-refractivity contribution < 1.29 is 9.90 Å². The van der Waals surface area contributed by atoms with Crippen molar-refractivity contribution >= 4 is 5.91 Å². The summed E-state index contributed by atoms with van der Waals surface area (Å²) in [5.41, 5.74) is 0.718. The van der Waals surface area contributed by atoms with E-state index in [-0.39, 0.29) is 19.1 Å². The minimum absolute atomic E-state index is 0.0502. The van der Waals surface area contributed by atoms with Crippen molar-refractivity contribution in [2.24, 2.45) is 0 Å². The van der Waals surface area contributed by atoms with Crippen LogP contribution in [0.3, 0.4) is 0 Å². The number of carbonyl (C=O) groups excluding carboxylic acids is 1. The molecule has 1 aliphatic carbocycles. The minimum Gasteiger partial charge on any atom is -0.396 e. The molecule has 0 bridgehead atoms. The molecule has 106 valence electrons. The molecule has 1 heterocycles. The van der Waals surface area contributed by atoms with Crippen molar-refractivity contribution in [3.63, 3.8) is 0 Å². The topological polar surface area (TPSA) is 71.2 Å². The lowest BCUT2D eigenvalue weighted by Crippen LogP contribution is -2.40. The van der Waals surface area contributed by atoms with Crippen molar-refractivity contribution in [1.29, 1.82) is 0 Å². The molecule has 1 aromatic rings. The molecule has 0 atom stereocenters. The number of aromatic nitrogens is 3. The molecule has 0 saturated heterocycles. The maximum atomic E-state index is 12.2. The Balaban J connectivity index is 1.88. The van der Waals surface area contributed by atoms with Crippen LogP contribution >= 0.6 is 0 Å². The largest absolute Gasteiger partial charge is 0.396 e. The fourth-order valence-electron chi connectivity index (χ4n) is 2.57. The van der Waals surface area contributed by atoms with Gasteiger partial charge >= 0.3 is 0 Å². The molecule has 0 spiro atoms. The molecule has 0 unspecified atom stereocenters. The van der Waals surface area contributed by atoms with Gasteiger partial charge in [0.05, 0.1) is 5.69 Å². The van der Waals surface area contributed by atoms with E-state index in [2.05, 4.69) is 10.3 Å². The molecule has 0 aliphatic heterocycles. The van der Waals surface area contributed by atoms with E-state index in [0.717, 1.165) is 18.5 Å². The van der Waals surface area contributed by atoms with Crippen LogP contribution in [0.5, 0.6) is 0 Å². The van der Waals surface area contributed by atoms with Gasteiger partial charge < -0.3 is 10.0 Å². The molecule has 1 aromatic heterocycles. The zero-order chi connectivity index (χ0) is 13.7. The van der Waals surface area contributed by atoms with E-state index in [1.807, 2.05) is 11.9 Å². The fraction of sp³-hybridized carbons (Fsp3) is 0.769. The fourth-order valence-corrected chi connectivity index (χ4v) is 2.57. The third kappa shape index (κ3) is 3.76. The van der Waals surface area contributed by atoms with Crippen LogP contribution < -0.4 is 0 Å². The third-order valence-corrected chi connectivity index (χ3v) is 3.77. The van der Waals surface area contributed by atoms with Gasteiger partial charge in [0.15, 0.2) is 0 Å². The standard InChI is InChI=1S/C13H22N4O2/c1-16(12-5-3-2-4-6-12)13(19)10-17-9-11(7-8-18)14-15-17/h9,12,18H,2-8,10H2,1H3. The third-order valence-electron chi connectivity index (χ3n) is 3.77. The van der Waals surface area contributed by atoms with Crippen LogP contribution in [0.4, 0.5) is 0 Å². The average Bonchev–Trinajstić information content (AvgIpc) is 2.86. The first-order chi connectivity index (χ1) is 9.20. The van der Waals surface area contributed by atoms with Gasteiger partial charge in [-0.1, -0.05) is 24.5 Å². The smallest absolute Gasteiger partial charge is 0.244 e. The molecular weight excluding hydrogens is 244 g/mol. The Hall–Kier alpha value is -1.43. The Morgan fingerprint density at radius 3 is 2.89 bits per heavy atom. The van der Waals surface area contributed by atoms with Gasteiger partial charge in [-0.05, 0) is 12.8 Å². The van der Waals surface area contributed by atoms with E-state index in [1.54, 1.807) is 10.9 Å². The van der Waals surface area contributed by atoms with Gasteiger partial charge in [-0.15, -0.1) is 5.10 Å². The molecule has 1 N–H and O–H groups in total. The lowest BCUT2D eigenvalue weighted by molar-refractivity contribution is -0.133. The highest BCUT2D eigenvalue weighted by molar-refractivity contribution is 5.75. The molecule has 1 aliphatic rings. The van der Waals surface area contributed by atoms with E-state index < -0.39 is 0 Å². The second-order valence-electron chi connectivity index (χ2n) is 5.18. The van der Waals surface area contributed by atoms with E-state index in [1.165, 1.54) is 19.3 Å². The first-order valence-corrected chi connectivity index (χ1v) is 6.96. The summed E-state index contributed by atoms with van der Waals surface area (Å²) < 4.78 is 1.55. The Bertz CT molecular complexity index is 413. The zero-order valence-electron chi connectivity index (χ0n) is 11.5. The minimum atomic E-state index is 0.0502. The second-order valence-corrected chi connectivity index (χ2v) is 5.18. The van der Waals surface area contributed by atoms with Crippen LogP contribution in [0.25, 0.3) is 0 Å². The maximum absolute atomic E-state index is 12.2. The van der Waals surface area contributed by atoms with Crippen molar-refractivity contribution in [3.8, 4) is 0 Å². The van der Waals surface area contributed by atoms with Gasteiger partial charge in [0, 0.05) is 32.3 Å². The number of nitrogens with zero attached hydrogens (tertiary/aromatic N) is 4. The maximum Gasteiger partial charge on any atom is 0.244 e. The van der Waals surface area contributed by atoms with Crippen LogP contribution in [0.2, 0.25) is 0 Å². The Morgan fingerprint density at radius 1 is 1.47 bits per heavy atom. The number of carbonyl (C=O) groups is 1. The van der Waals surface area contributed by atoms with Crippen LogP contribution in [0, 0.1) is 0 Å². The van der Waals surface area contributed by atoms with Gasteiger partial charge in [0.25, 0.3) is 0 Å². The number of hydrogen-bond acceptors (Lipinski definition) is 4. The van der Waals surface area contributed by atoms with Gasteiger partial charge in [0.2, 0.25) is 5.91 Å². The average molecular weight is 266 g/mol. The normalized spacial score (nSPS) is 16.5. The summed E-state index contributed by atoms with van der Waals surface area (Å²) in [6, 6.07) is 0.377. The van der Waals surface area contributed by atoms with Crippen LogP contribution in [0.1, 0.15) is 37.8 Å². The predicted octanol–water partition coefficient (Wildman–Crippen LogP) is 0.604. The Morgan fingerprint density at radius 2 is 2.21 bits per heavy atom. The number of amides is 1. The predicted molar refractivity (Wildman–Crippen MR) is 70.5 cm³/mol. The lowest BCUT2D eigenvalue weighted by atomic mass is 9.94. The van der Waals surface area contributed by atoms with Crippen molar-refractivity contribution in [3.05, 3.63) is 11.9 Å². The number of likely N-dealkylation sites (N-methyl/N-ethyl adjacent to an activating group) is 1. The van der Waals surface area contributed by atoms with E-state index >= 15 is 0 Å². The number of rotatable bonds is 5. The van der Waals surface area contributed by atoms with Gasteiger partial charge in [-0.3, -0.25) is 4.79 Å². The molecular formula is C13H22N4O2. The van der Waals surface area contributed by atoms with Crippen LogP contribution in [0.15, 0.2) is 6.20 Å². The lowest BCUT2D eigenvalue weighted by Gasteiger charge is -2.31. The summed E-state index contributed by atoms with van der Waals surface area (Å²) >= 11 is 0. The number of aliphatic hydroxyl groups is 1. The second kappa shape index (κ2) is 6.65. The molecule has 0 aromatic carbocycles. The summed E-state index contributed by atoms with van der Waals surface area (Å²) in [5.74, 6) is 0.0762. The summed E-state index contributed by atoms with van der Waals surface area (Å²) in [7, 11) is 1.88. The Kier molecular flexibility index (Phi) is 4.90. The van der Waals surface area contributed by atoms with Crippen molar-refractivity contribution in [1.82, 2.24) is 19.9 Å². The van der Waals surface area contributed by atoms with Crippen LogP contribution in [-0.2, 0) is 17.8 Å². The zero-order valence-corrected chi connectivity index (χ0v) is 11.5. The molecule has 1 saturated carbocycles. The SMILES string of the molecule is CN(C(=O)Cn1cc(CCO)nn1)C1CCCCC1. The highest BCUT2D eigenvalue weighted by Crippen LogP contribution is 2.21. The van der Waals surface area contributed by atoms with Crippen molar-refractivity contribution in [2.75, 3.05) is 13.7 Å². The summed E-state index contributed by atoms with van der Waals surface area (Å²) in [4.78, 5) is 14.0. The highest BCUT2D eigenvalue weighted by atomic mass is 16.3. The van der Waals surface area contributed by atoms with Gasteiger partial charge in [-0.2, -0.15) is 0 Å². The molecule has 6 heteroatoms. The molecule has 19 heavy (non-hydrogen) atoms. The van der Waals surface area contributed by atoms with Gasteiger partial charge in [0.1, 0.15) is 6.54 Å². The van der Waals surface area contributed by atoms with Crippen molar-refractivity contribution in [2.45, 2.75) is 51.1 Å². The molecule has 2 rings (SSSR count). The molecule has 0 radical (unpaired) electrons. The summed E-state index contributed by atoms with van der Waals surface area (Å²) in [6.45, 7) is 0.278. The number of aliphatic hydroxyl groups excluding tert-OH is 1. The van der Waals surface area contributed by atoms with Crippen LogP contribution in [-0.4, -0.2) is 50.6 Å².